The Hall–Kier alpha value is -1.12. The molecule has 1 aromatic rings. The number of phosphoric acid groups is 1. The van der Waals surface area contributed by atoms with E-state index in [1.165, 1.54) is 6.07 Å². The first kappa shape index (κ1) is 14.9. The summed E-state index contributed by atoms with van der Waals surface area (Å²) < 4.78 is 44.8. The Balaban J connectivity index is 0.000000385. The number of benzene rings is 1. The van der Waals surface area contributed by atoms with Gasteiger partial charge in [0.25, 0.3) is 0 Å². The number of halogens is 3. The quantitative estimate of drug-likeness (QED) is 0.307. The minimum Gasteiger partial charge on any atom is -0.303 e. The zero-order valence-corrected chi connectivity index (χ0v) is 8.46. The van der Waals surface area contributed by atoms with Crippen molar-refractivity contribution in [2.45, 2.75) is 0 Å². The molecule has 1 aromatic carbocycles. The Morgan fingerprint density at radius 3 is 2.00 bits per heavy atom. The van der Waals surface area contributed by atoms with Crippen LogP contribution in [0.3, 0.4) is 0 Å². The fourth-order valence-corrected chi connectivity index (χ4v) is 0.628. The van der Waals surface area contributed by atoms with Crippen molar-refractivity contribution in [2.24, 2.45) is 0 Å². The molecule has 0 heterocycles. The number of hydrogen-bond donors (Lipinski definition) is 5. The van der Waals surface area contributed by atoms with Gasteiger partial charge in [0.2, 0.25) is 0 Å². The largest absolute Gasteiger partial charge is 0.466 e. The maximum atomic E-state index is 12.3. The molecular formula is C6H8F3N2O4P. The van der Waals surface area contributed by atoms with Gasteiger partial charge in [0.15, 0.2) is 11.6 Å². The van der Waals surface area contributed by atoms with E-state index in [2.05, 4.69) is 0 Å². The molecule has 0 fully saturated rings. The van der Waals surface area contributed by atoms with E-state index in [1.54, 1.807) is 0 Å². The average molecular weight is 260 g/mol. The molecule has 0 unspecified atom stereocenters. The lowest BCUT2D eigenvalue weighted by Gasteiger charge is -2.00. The van der Waals surface area contributed by atoms with Crippen LogP contribution in [0.5, 0.6) is 0 Å². The third kappa shape index (κ3) is 8.21. The van der Waals surface area contributed by atoms with Crippen molar-refractivity contribution in [3.05, 3.63) is 29.8 Å². The number of nitrogens with one attached hydrogen (secondary N) is 2. The van der Waals surface area contributed by atoms with Crippen LogP contribution >= 0.6 is 7.82 Å². The van der Waals surface area contributed by atoms with Crippen molar-refractivity contribution >= 4 is 13.5 Å². The minimum absolute atomic E-state index is 0.117. The van der Waals surface area contributed by atoms with E-state index in [0.717, 1.165) is 17.8 Å². The summed E-state index contributed by atoms with van der Waals surface area (Å²) >= 11 is 0. The molecule has 10 heteroatoms. The molecule has 0 aromatic heterocycles. The van der Waals surface area contributed by atoms with Gasteiger partial charge in [0, 0.05) is 6.07 Å². The predicted molar refractivity (Wildman–Crippen MR) is 48.5 cm³/mol. The zero-order chi connectivity index (χ0) is 12.8. The van der Waals surface area contributed by atoms with E-state index in [1.807, 2.05) is 5.43 Å². The summed E-state index contributed by atoms with van der Waals surface area (Å²) in [7, 11) is -4.64. The molecule has 0 bridgehead atoms. The second-order valence-corrected chi connectivity index (χ2v) is 3.39. The van der Waals surface area contributed by atoms with Crippen molar-refractivity contribution in [1.82, 2.24) is 5.65 Å². The second-order valence-electron chi connectivity index (χ2n) is 2.36. The Morgan fingerprint density at radius 2 is 1.62 bits per heavy atom. The molecule has 0 saturated heterocycles. The Morgan fingerprint density at radius 1 is 1.12 bits per heavy atom. The highest BCUT2D eigenvalue weighted by atomic mass is 31.2. The third-order valence-corrected chi connectivity index (χ3v) is 1.11. The number of anilines is 1. The normalized spacial score (nSPS) is 10.4. The lowest BCUT2D eigenvalue weighted by atomic mass is 10.3. The molecule has 92 valence electrons. The van der Waals surface area contributed by atoms with Crippen LogP contribution in [0, 0.1) is 11.6 Å². The topological polar surface area (TPSA) is 102 Å². The van der Waals surface area contributed by atoms with Crippen molar-refractivity contribution in [1.29, 1.82) is 0 Å². The van der Waals surface area contributed by atoms with Crippen molar-refractivity contribution < 1.29 is 32.5 Å². The molecule has 0 aliphatic heterocycles. The maximum Gasteiger partial charge on any atom is 0.466 e. The Kier molecular flexibility index (Phi) is 6.01. The van der Waals surface area contributed by atoms with Crippen molar-refractivity contribution in [3.8, 4) is 0 Å². The summed E-state index contributed by atoms with van der Waals surface area (Å²) in [5, 5.41) is 0. The standard InChI is InChI=1S/C6H5F3N2.H3O4P/c7-5-2-1-4(10-11-9)3-6(5)8;1-5(2,3)4/h1-3,10-11H;(H3,1,2,3,4). The molecule has 5 N–H and O–H groups in total. The van der Waals surface area contributed by atoms with E-state index in [4.69, 9.17) is 19.2 Å². The van der Waals surface area contributed by atoms with Crippen LogP contribution in [0.25, 0.3) is 0 Å². The summed E-state index contributed by atoms with van der Waals surface area (Å²) in [6.07, 6.45) is 0. The Bertz CT molecular complexity index is 378. The van der Waals surface area contributed by atoms with Gasteiger partial charge in [-0.3, -0.25) is 5.43 Å². The summed E-state index contributed by atoms with van der Waals surface area (Å²) in [5.41, 5.74) is 3.16. The second kappa shape index (κ2) is 6.46. The molecular weight excluding hydrogens is 252 g/mol. The zero-order valence-electron chi connectivity index (χ0n) is 7.56. The third-order valence-electron chi connectivity index (χ3n) is 1.11. The Labute approximate surface area is 87.9 Å². The molecule has 6 nitrogen and oxygen atoms in total. The molecule has 0 aliphatic rings. The summed E-state index contributed by atoms with van der Waals surface area (Å²) in [6.45, 7) is 0. The van der Waals surface area contributed by atoms with Gasteiger partial charge in [-0.25, -0.2) is 13.3 Å². The highest BCUT2D eigenvalue weighted by Gasteiger charge is 2.01. The van der Waals surface area contributed by atoms with Crippen molar-refractivity contribution in [2.75, 3.05) is 5.43 Å². The fourth-order valence-electron chi connectivity index (χ4n) is 0.628. The molecule has 0 spiro atoms. The monoisotopic (exact) mass is 260 g/mol. The highest BCUT2D eigenvalue weighted by Crippen LogP contribution is 2.25. The summed E-state index contributed by atoms with van der Waals surface area (Å²) in [4.78, 5) is 21.6. The molecule has 16 heavy (non-hydrogen) atoms. The van der Waals surface area contributed by atoms with E-state index in [-0.39, 0.29) is 5.69 Å². The van der Waals surface area contributed by atoms with Gasteiger partial charge in [-0.05, 0) is 12.1 Å². The number of hydrazine groups is 1. The molecule has 0 saturated carbocycles. The first-order valence-electron chi connectivity index (χ1n) is 3.59. The first-order chi connectivity index (χ1) is 7.24. The lowest BCUT2D eigenvalue weighted by Crippen LogP contribution is -2.10. The van der Waals surface area contributed by atoms with Crippen molar-refractivity contribution in [3.63, 3.8) is 0 Å². The van der Waals surface area contributed by atoms with Crippen LogP contribution < -0.4 is 11.1 Å². The van der Waals surface area contributed by atoms with Gasteiger partial charge in [-0.1, -0.05) is 5.65 Å². The van der Waals surface area contributed by atoms with Gasteiger partial charge < -0.3 is 14.7 Å². The highest BCUT2D eigenvalue weighted by molar-refractivity contribution is 7.45. The van der Waals surface area contributed by atoms with Crippen LogP contribution in [0.15, 0.2) is 18.2 Å². The van der Waals surface area contributed by atoms with Gasteiger partial charge >= 0.3 is 7.82 Å². The smallest absolute Gasteiger partial charge is 0.303 e. The van der Waals surface area contributed by atoms with E-state index >= 15 is 0 Å². The van der Waals surface area contributed by atoms with Crippen LogP contribution in [0.2, 0.25) is 0 Å². The van der Waals surface area contributed by atoms with E-state index in [0.29, 0.717) is 0 Å². The number of hydrogen-bond acceptors (Lipinski definition) is 3. The molecule has 0 aliphatic carbocycles. The van der Waals surface area contributed by atoms with Crippen LogP contribution in [0.4, 0.5) is 18.9 Å². The maximum absolute atomic E-state index is 12.3. The fraction of sp³-hybridized carbons (Fsp3) is 0. The van der Waals surface area contributed by atoms with Gasteiger partial charge in [0.1, 0.15) is 0 Å². The first-order valence-corrected chi connectivity index (χ1v) is 5.15. The lowest BCUT2D eigenvalue weighted by molar-refractivity contribution is 0.275. The minimum atomic E-state index is -4.64. The average Bonchev–Trinajstić information content (AvgIpc) is 2.09. The van der Waals surface area contributed by atoms with E-state index < -0.39 is 19.5 Å². The van der Waals surface area contributed by atoms with Gasteiger partial charge in [-0.2, -0.15) is 0 Å². The molecule has 1 rings (SSSR count). The molecule has 0 radical (unpaired) electrons. The van der Waals surface area contributed by atoms with Crippen LogP contribution in [-0.2, 0) is 4.57 Å². The van der Waals surface area contributed by atoms with Crippen LogP contribution in [-0.4, -0.2) is 14.7 Å². The molecule has 0 atom stereocenters. The van der Waals surface area contributed by atoms with Gasteiger partial charge in [0.05, 0.1) is 5.69 Å². The summed E-state index contributed by atoms with van der Waals surface area (Å²) in [5.74, 6) is -1.99. The van der Waals surface area contributed by atoms with Crippen LogP contribution in [0.1, 0.15) is 0 Å². The predicted octanol–water partition coefficient (Wildman–Crippen LogP) is 0.837. The number of rotatable bonds is 2. The van der Waals surface area contributed by atoms with Gasteiger partial charge in [-0.15, -0.1) is 4.48 Å². The van der Waals surface area contributed by atoms with E-state index in [9.17, 15) is 13.3 Å². The SMILES string of the molecule is FNNc1ccc(F)c(F)c1.O=P(O)(O)O. The molecule has 0 amide bonds. The summed E-state index contributed by atoms with van der Waals surface area (Å²) in [6, 6.07) is 2.93.